The number of ether oxygens (including phenoxy) is 1. The van der Waals surface area contributed by atoms with Gasteiger partial charge in [0.25, 0.3) is 0 Å². The third-order valence-electron chi connectivity index (χ3n) is 2.59. The third-order valence-corrected chi connectivity index (χ3v) is 2.59. The average molecular weight is 184 g/mol. The van der Waals surface area contributed by atoms with Crippen molar-refractivity contribution in [2.45, 2.75) is 25.0 Å². The number of piperazine rings is 1. The molecule has 1 atom stereocenters. The first-order valence-electron chi connectivity index (χ1n) is 4.89. The van der Waals surface area contributed by atoms with E-state index in [0.717, 1.165) is 32.5 Å². The Morgan fingerprint density at radius 3 is 2.92 bits per heavy atom. The summed E-state index contributed by atoms with van der Waals surface area (Å²) in [5.41, 5.74) is 0. The van der Waals surface area contributed by atoms with E-state index in [1.54, 1.807) is 0 Å². The zero-order valence-electron chi connectivity index (χ0n) is 7.95. The number of rotatable bonds is 2. The molecule has 1 unspecified atom stereocenters. The highest BCUT2D eigenvalue weighted by Crippen LogP contribution is 2.24. The summed E-state index contributed by atoms with van der Waals surface area (Å²) >= 11 is 0. The lowest BCUT2D eigenvalue weighted by atomic mass is 10.2. The summed E-state index contributed by atoms with van der Waals surface area (Å²) in [5.74, 6) is -0.0581. The van der Waals surface area contributed by atoms with Gasteiger partial charge in [-0.15, -0.1) is 0 Å². The normalized spacial score (nSPS) is 30.1. The van der Waals surface area contributed by atoms with Crippen LogP contribution in [0.1, 0.15) is 12.8 Å². The van der Waals surface area contributed by atoms with E-state index in [4.69, 9.17) is 4.74 Å². The van der Waals surface area contributed by atoms with Crippen molar-refractivity contribution in [3.63, 3.8) is 0 Å². The molecular formula is C9H16N2O2. The Kier molecular flexibility index (Phi) is 2.51. The molecule has 2 fully saturated rings. The Balaban J connectivity index is 1.85. The van der Waals surface area contributed by atoms with Crippen LogP contribution >= 0.6 is 0 Å². The van der Waals surface area contributed by atoms with Gasteiger partial charge in [0, 0.05) is 19.6 Å². The number of hydrogen-bond donors (Lipinski definition) is 1. The van der Waals surface area contributed by atoms with E-state index in [1.807, 2.05) is 7.05 Å². The monoisotopic (exact) mass is 184 g/mol. The molecule has 0 aromatic heterocycles. The van der Waals surface area contributed by atoms with Crippen molar-refractivity contribution < 1.29 is 9.53 Å². The molecule has 0 amide bonds. The number of likely N-dealkylation sites (N-methyl/N-ethyl adjacent to an activating group) is 1. The Labute approximate surface area is 78.2 Å². The number of hydrogen-bond acceptors (Lipinski definition) is 4. The van der Waals surface area contributed by atoms with Gasteiger partial charge < -0.3 is 10.1 Å². The molecule has 4 nitrogen and oxygen atoms in total. The maximum absolute atomic E-state index is 11.6. The van der Waals surface area contributed by atoms with E-state index in [2.05, 4.69) is 10.2 Å². The van der Waals surface area contributed by atoms with Crippen molar-refractivity contribution in [3.05, 3.63) is 0 Å². The zero-order valence-corrected chi connectivity index (χ0v) is 7.95. The third kappa shape index (κ3) is 2.19. The summed E-state index contributed by atoms with van der Waals surface area (Å²) in [6, 6.07) is -0.0747. The summed E-state index contributed by atoms with van der Waals surface area (Å²) in [6.07, 6.45) is 2.33. The summed E-state index contributed by atoms with van der Waals surface area (Å²) in [6.45, 7) is 2.61. The van der Waals surface area contributed by atoms with E-state index in [-0.39, 0.29) is 18.1 Å². The number of nitrogens with one attached hydrogen (secondary N) is 1. The molecular weight excluding hydrogens is 168 g/mol. The van der Waals surface area contributed by atoms with Crippen LogP contribution in [0.25, 0.3) is 0 Å². The van der Waals surface area contributed by atoms with Gasteiger partial charge in [0.05, 0.1) is 0 Å². The second-order valence-electron chi connectivity index (χ2n) is 3.84. The van der Waals surface area contributed by atoms with Gasteiger partial charge >= 0.3 is 5.97 Å². The predicted octanol–water partition coefficient (Wildman–Crippen LogP) is -0.404. The van der Waals surface area contributed by atoms with Crippen molar-refractivity contribution in [1.82, 2.24) is 10.2 Å². The Morgan fingerprint density at radius 1 is 1.54 bits per heavy atom. The molecule has 1 aliphatic carbocycles. The van der Waals surface area contributed by atoms with E-state index in [0.29, 0.717) is 0 Å². The minimum absolute atomic E-state index is 0.0581. The Bertz CT molecular complexity index is 204. The standard InChI is InChI=1S/C9H16N2O2/c1-11-5-4-10-6-8(11)9(12)13-7-2-3-7/h7-8,10H,2-6H2,1H3. The summed E-state index contributed by atoms with van der Waals surface area (Å²) in [7, 11) is 1.97. The fourth-order valence-electron chi connectivity index (χ4n) is 1.50. The lowest BCUT2D eigenvalue weighted by Crippen LogP contribution is -2.53. The van der Waals surface area contributed by atoms with Gasteiger partial charge in [-0.25, -0.2) is 0 Å². The highest BCUT2D eigenvalue weighted by atomic mass is 16.5. The van der Waals surface area contributed by atoms with Crippen molar-refractivity contribution in [2.75, 3.05) is 26.7 Å². The molecule has 1 heterocycles. The van der Waals surface area contributed by atoms with Gasteiger partial charge in [-0.05, 0) is 19.9 Å². The topological polar surface area (TPSA) is 41.6 Å². The molecule has 1 saturated heterocycles. The number of esters is 1. The maximum Gasteiger partial charge on any atom is 0.324 e. The molecule has 2 aliphatic rings. The lowest BCUT2D eigenvalue weighted by molar-refractivity contribution is -0.151. The second-order valence-corrected chi connectivity index (χ2v) is 3.84. The van der Waals surface area contributed by atoms with Gasteiger partial charge in [-0.1, -0.05) is 0 Å². The summed E-state index contributed by atoms with van der Waals surface area (Å²) in [4.78, 5) is 13.6. The highest BCUT2D eigenvalue weighted by molar-refractivity contribution is 5.76. The maximum atomic E-state index is 11.6. The smallest absolute Gasteiger partial charge is 0.324 e. The van der Waals surface area contributed by atoms with Gasteiger partial charge in [0.1, 0.15) is 12.1 Å². The van der Waals surface area contributed by atoms with Crippen LogP contribution in [0.5, 0.6) is 0 Å². The summed E-state index contributed by atoms with van der Waals surface area (Å²) in [5, 5.41) is 3.20. The molecule has 74 valence electrons. The first-order valence-corrected chi connectivity index (χ1v) is 4.89. The zero-order chi connectivity index (χ0) is 9.26. The lowest BCUT2D eigenvalue weighted by Gasteiger charge is -2.31. The SMILES string of the molecule is CN1CCNCC1C(=O)OC1CC1. The molecule has 0 bridgehead atoms. The van der Waals surface area contributed by atoms with E-state index in [9.17, 15) is 4.79 Å². The van der Waals surface area contributed by atoms with Crippen molar-refractivity contribution in [2.24, 2.45) is 0 Å². The molecule has 2 rings (SSSR count). The predicted molar refractivity (Wildman–Crippen MR) is 48.4 cm³/mol. The Hall–Kier alpha value is -0.610. The van der Waals surface area contributed by atoms with Crippen molar-refractivity contribution in [3.8, 4) is 0 Å². The molecule has 0 aromatic rings. The Morgan fingerprint density at radius 2 is 2.31 bits per heavy atom. The number of carbonyl (C=O) groups is 1. The minimum Gasteiger partial charge on any atom is -0.461 e. The van der Waals surface area contributed by atoms with Crippen LogP contribution in [0.15, 0.2) is 0 Å². The molecule has 1 aliphatic heterocycles. The molecule has 1 saturated carbocycles. The van der Waals surface area contributed by atoms with Gasteiger partial charge in [-0.3, -0.25) is 9.69 Å². The molecule has 0 aromatic carbocycles. The van der Waals surface area contributed by atoms with Crippen LogP contribution in [0.4, 0.5) is 0 Å². The van der Waals surface area contributed by atoms with Crippen LogP contribution < -0.4 is 5.32 Å². The molecule has 13 heavy (non-hydrogen) atoms. The van der Waals surface area contributed by atoms with Gasteiger partial charge in [0.15, 0.2) is 0 Å². The fraction of sp³-hybridized carbons (Fsp3) is 0.889. The minimum atomic E-state index is -0.0747. The summed E-state index contributed by atoms with van der Waals surface area (Å²) < 4.78 is 5.25. The van der Waals surface area contributed by atoms with Gasteiger partial charge in [-0.2, -0.15) is 0 Å². The quantitative estimate of drug-likeness (QED) is 0.593. The molecule has 1 N–H and O–H groups in total. The number of carbonyl (C=O) groups excluding carboxylic acids is 1. The van der Waals surface area contributed by atoms with Crippen LogP contribution in [-0.4, -0.2) is 49.7 Å². The average Bonchev–Trinajstić information content (AvgIpc) is 2.89. The fourth-order valence-corrected chi connectivity index (χ4v) is 1.50. The van der Waals surface area contributed by atoms with Gasteiger partial charge in [0.2, 0.25) is 0 Å². The number of nitrogens with zero attached hydrogens (tertiary/aromatic N) is 1. The van der Waals surface area contributed by atoms with Crippen LogP contribution in [-0.2, 0) is 9.53 Å². The first-order chi connectivity index (χ1) is 6.27. The van der Waals surface area contributed by atoms with E-state index in [1.165, 1.54) is 0 Å². The highest BCUT2D eigenvalue weighted by Gasteiger charge is 2.32. The van der Waals surface area contributed by atoms with E-state index >= 15 is 0 Å². The molecule has 0 spiro atoms. The van der Waals surface area contributed by atoms with Crippen LogP contribution in [0, 0.1) is 0 Å². The van der Waals surface area contributed by atoms with Crippen LogP contribution in [0.2, 0.25) is 0 Å². The molecule has 4 heteroatoms. The van der Waals surface area contributed by atoms with Crippen molar-refractivity contribution >= 4 is 5.97 Å². The molecule has 0 radical (unpaired) electrons. The van der Waals surface area contributed by atoms with Crippen LogP contribution in [0.3, 0.4) is 0 Å². The van der Waals surface area contributed by atoms with E-state index < -0.39 is 0 Å². The van der Waals surface area contributed by atoms with Crippen molar-refractivity contribution in [1.29, 1.82) is 0 Å². The first kappa shape index (κ1) is 8.97. The largest absolute Gasteiger partial charge is 0.461 e. The second kappa shape index (κ2) is 3.64.